The van der Waals surface area contributed by atoms with E-state index in [4.69, 9.17) is 4.74 Å². The summed E-state index contributed by atoms with van der Waals surface area (Å²) < 4.78 is 7.14. The summed E-state index contributed by atoms with van der Waals surface area (Å²) in [6.07, 6.45) is 5.86. The molecule has 1 aromatic carbocycles. The van der Waals surface area contributed by atoms with Crippen molar-refractivity contribution in [3.05, 3.63) is 23.9 Å². The van der Waals surface area contributed by atoms with E-state index in [1.54, 1.807) is 11.8 Å². The van der Waals surface area contributed by atoms with Crippen LogP contribution in [0.25, 0.3) is 10.9 Å². The number of methoxy groups -OCH3 is 1. The molecule has 3 heterocycles. The number of rotatable bonds is 3. The van der Waals surface area contributed by atoms with Crippen LogP contribution in [0.15, 0.2) is 18.2 Å². The number of piperidine rings is 2. The van der Waals surface area contributed by atoms with Crippen LogP contribution in [0.2, 0.25) is 0 Å². The van der Waals surface area contributed by atoms with Crippen molar-refractivity contribution in [2.24, 2.45) is 7.05 Å². The normalized spacial score (nSPS) is 26.6. The van der Waals surface area contributed by atoms with Gasteiger partial charge >= 0.3 is 0 Å². The number of fused-ring (bicyclic) bond motifs is 3. The first-order chi connectivity index (χ1) is 12.1. The molecule has 2 atom stereocenters. The number of carbonyl (C=O) groups is 1. The molecule has 2 saturated heterocycles. The highest BCUT2D eigenvalue weighted by atomic mass is 16.5. The molecule has 1 amide bonds. The molecule has 2 aliphatic heterocycles. The molecular weight excluding hydrogens is 316 g/mol. The molecule has 0 radical (unpaired) electrons. The number of aromatic nitrogens is 2. The lowest BCUT2D eigenvalue weighted by Gasteiger charge is -2.47. The molecule has 2 aliphatic rings. The zero-order valence-corrected chi connectivity index (χ0v) is 15.2. The van der Waals surface area contributed by atoms with Gasteiger partial charge in [-0.05, 0) is 38.8 Å². The number of carbonyl (C=O) groups excluding carboxylic acids is 1. The van der Waals surface area contributed by atoms with Crippen LogP contribution < -0.4 is 10.1 Å². The maximum absolute atomic E-state index is 12.9. The lowest BCUT2D eigenvalue weighted by atomic mass is 9.82. The van der Waals surface area contributed by atoms with Crippen LogP contribution in [0.3, 0.4) is 0 Å². The summed E-state index contributed by atoms with van der Waals surface area (Å²) in [6, 6.07) is 7.16. The van der Waals surface area contributed by atoms with Gasteiger partial charge in [0.1, 0.15) is 11.3 Å². The fourth-order valence-corrected chi connectivity index (χ4v) is 4.62. The van der Waals surface area contributed by atoms with E-state index in [0.29, 0.717) is 17.8 Å². The van der Waals surface area contributed by atoms with Crippen LogP contribution in [-0.4, -0.2) is 52.9 Å². The van der Waals surface area contributed by atoms with Gasteiger partial charge in [-0.25, -0.2) is 0 Å². The minimum absolute atomic E-state index is 0.0773. The summed E-state index contributed by atoms with van der Waals surface area (Å²) in [5.74, 6) is 0.659. The van der Waals surface area contributed by atoms with Gasteiger partial charge in [0.05, 0.1) is 7.11 Å². The van der Waals surface area contributed by atoms with E-state index in [1.807, 2.05) is 25.2 Å². The fraction of sp³-hybridized carbons (Fsp3) is 0.579. The fourth-order valence-electron chi connectivity index (χ4n) is 4.62. The lowest BCUT2D eigenvalue weighted by molar-refractivity contribution is 0.0462. The first kappa shape index (κ1) is 16.4. The average molecular weight is 342 g/mol. The average Bonchev–Trinajstić information content (AvgIpc) is 2.93. The Morgan fingerprint density at radius 2 is 1.96 bits per heavy atom. The summed E-state index contributed by atoms with van der Waals surface area (Å²) in [6.45, 7) is 0. The Morgan fingerprint density at radius 1 is 1.24 bits per heavy atom. The molecule has 1 N–H and O–H groups in total. The van der Waals surface area contributed by atoms with Gasteiger partial charge in [0.15, 0.2) is 5.69 Å². The van der Waals surface area contributed by atoms with Gasteiger partial charge in [0.25, 0.3) is 5.91 Å². The molecule has 134 valence electrons. The van der Waals surface area contributed by atoms with E-state index in [2.05, 4.69) is 22.4 Å². The van der Waals surface area contributed by atoms with E-state index in [-0.39, 0.29) is 11.9 Å². The second kappa shape index (κ2) is 6.33. The summed E-state index contributed by atoms with van der Waals surface area (Å²) in [5, 5.41) is 8.55. The number of aryl methyl sites for hydroxylation is 1. The standard InChI is InChI=1S/C19H26N4O2/c1-22-13-6-4-7-14(22)11-12(10-13)20-19(24)17-15-8-5-9-16(25-3)18(15)23(2)21-17/h5,8-9,12-14H,4,6-7,10-11H2,1-3H3,(H,20,24)/t13-,14-/m0/s1. The van der Waals surface area contributed by atoms with Crippen molar-refractivity contribution >= 4 is 16.8 Å². The van der Waals surface area contributed by atoms with Crippen LogP contribution >= 0.6 is 0 Å². The highest BCUT2D eigenvalue weighted by Gasteiger charge is 2.36. The monoisotopic (exact) mass is 342 g/mol. The van der Waals surface area contributed by atoms with Crippen molar-refractivity contribution < 1.29 is 9.53 Å². The minimum Gasteiger partial charge on any atom is -0.494 e. The summed E-state index contributed by atoms with van der Waals surface area (Å²) in [7, 11) is 5.71. The molecule has 2 fully saturated rings. The van der Waals surface area contributed by atoms with E-state index in [0.717, 1.165) is 29.5 Å². The topological polar surface area (TPSA) is 59.4 Å². The van der Waals surface area contributed by atoms with Gasteiger partial charge in [-0.3, -0.25) is 9.48 Å². The molecule has 25 heavy (non-hydrogen) atoms. The Bertz CT molecular complexity index is 786. The Balaban J connectivity index is 1.57. The molecule has 0 saturated carbocycles. The van der Waals surface area contributed by atoms with E-state index in [1.165, 1.54) is 19.3 Å². The Labute approximate surface area is 148 Å². The van der Waals surface area contributed by atoms with E-state index < -0.39 is 0 Å². The van der Waals surface area contributed by atoms with Crippen molar-refractivity contribution in [3.8, 4) is 5.75 Å². The highest BCUT2D eigenvalue weighted by molar-refractivity contribution is 6.06. The molecule has 0 unspecified atom stereocenters. The Kier molecular flexibility index (Phi) is 4.15. The second-order valence-corrected chi connectivity index (χ2v) is 7.37. The number of nitrogens with zero attached hydrogens (tertiary/aromatic N) is 3. The van der Waals surface area contributed by atoms with Gasteiger partial charge in [-0.2, -0.15) is 5.10 Å². The predicted molar refractivity (Wildman–Crippen MR) is 96.9 cm³/mol. The van der Waals surface area contributed by atoms with Crippen LogP contribution in [0.1, 0.15) is 42.6 Å². The summed E-state index contributed by atoms with van der Waals surface area (Å²) in [4.78, 5) is 15.4. The van der Waals surface area contributed by atoms with Gasteiger partial charge in [-0.15, -0.1) is 0 Å². The maximum atomic E-state index is 12.9. The molecule has 2 bridgehead atoms. The van der Waals surface area contributed by atoms with Gasteiger partial charge in [0.2, 0.25) is 0 Å². The Morgan fingerprint density at radius 3 is 2.64 bits per heavy atom. The molecule has 0 spiro atoms. The summed E-state index contributed by atoms with van der Waals surface area (Å²) in [5.41, 5.74) is 1.34. The van der Waals surface area contributed by atoms with Crippen LogP contribution in [0.5, 0.6) is 5.75 Å². The smallest absolute Gasteiger partial charge is 0.272 e. The first-order valence-electron chi connectivity index (χ1n) is 9.11. The second-order valence-electron chi connectivity index (χ2n) is 7.37. The predicted octanol–water partition coefficient (Wildman–Crippen LogP) is 2.33. The van der Waals surface area contributed by atoms with E-state index >= 15 is 0 Å². The van der Waals surface area contributed by atoms with Crippen molar-refractivity contribution in [2.45, 2.75) is 50.2 Å². The van der Waals surface area contributed by atoms with Crippen LogP contribution in [-0.2, 0) is 7.05 Å². The quantitative estimate of drug-likeness (QED) is 0.930. The third-order valence-corrected chi connectivity index (χ3v) is 5.94. The zero-order valence-electron chi connectivity index (χ0n) is 15.2. The van der Waals surface area contributed by atoms with Gasteiger partial charge in [0, 0.05) is 30.6 Å². The number of hydrogen-bond acceptors (Lipinski definition) is 4. The number of benzene rings is 1. The molecular formula is C19H26N4O2. The molecule has 2 aromatic rings. The molecule has 1 aromatic heterocycles. The SMILES string of the molecule is COc1cccc2c(C(=O)NC3C[C@@H]4CCC[C@@H](C3)N4C)nn(C)c12. The maximum Gasteiger partial charge on any atom is 0.272 e. The molecule has 6 nitrogen and oxygen atoms in total. The van der Waals surface area contributed by atoms with E-state index in [9.17, 15) is 4.79 Å². The summed E-state index contributed by atoms with van der Waals surface area (Å²) >= 11 is 0. The van der Waals surface area contributed by atoms with Crippen molar-refractivity contribution in [1.29, 1.82) is 0 Å². The molecule has 4 rings (SSSR count). The number of amides is 1. The highest BCUT2D eigenvalue weighted by Crippen LogP contribution is 2.33. The molecule has 0 aliphatic carbocycles. The number of nitrogens with one attached hydrogen (secondary N) is 1. The lowest BCUT2D eigenvalue weighted by Crippen LogP contribution is -2.55. The largest absolute Gasteiger partial charge is 0.494 e. The zero-order chi connectivity index (χ0) is 17.6. The third kappa shape index (κ3) is 2.78. The van der Waals surface area contributed by atoms with Crippen molar-refractivity contribution in [1.82, 2.24) is 20.0 Å². The number of para-hydroxylation sites is 1. The minimum atomic E-state index is -0.0773. The number of ether oxygens (including phenoxy) is 1. The third-order valence-electron chi connectivity index (χ3n) is 5.94. The number of hydrogen-bond donors (Lipinski definition) is 1. The van der Waals surface area contributed by atoms with Crippen LogP contribution in [0, 0.1) is 0 Å². The van der Waals surface area contributed by atoms with Gasteiger partial charge in [-0.1, -0.05) is 18.6 Å². The van der Waals surface area contributed by atoms with Crippen molar-refractivity contribution in [3.63, 3.8) is 0 Å². The van der Waals surface area contributed by atoms with Crippen molar-refractivity contribution in [2.75, 3.05) is 14.2 Å². The van der Waals surface area contributed by atoms with Gasteiger partial charge < -0.3 is 15.0 Å². The van der Waals surface area contributed by atoms with Crippen LogP contribution in [0.4, 0.5) is 0 Å². The first-order valence-corrected chi connectivity index (χ1v) is 9.11. The molecule has 6 heteroatoms. The Hall–Kier alpha value is -2.08.